The van der Waals surface area contributed by atoms with Crippen LogP contribution in [0.3, 0.4) is 0 Å². The first kappa shape index (κ1) is 18.8. The molecule has 0 spiro atoms. The average Bonchev–Trinajstić information content (AvgIpc) is 3.29. The van der Waals surface area contributed by atoms with Crippen LogP contribution < -0.4 is 5.32 Å². The van der Waals surface area contributed by atoms with Crippen LogP contribution in [0.1, 0.15) is 23.9 Å². The second-order valence-corrected chi connectivity index (χ2v) is 8.09. The third-order valence-electron chi connectivity index (χ3n) is 4.73. The first-order valence-electron chi connectivity index (χ1n) is 8.84. The van der Waals surface area contributed by atoms with Crippen LogP contribution in [0.4, 0.5) is 11.4 Å². The van der Waals surface area contributed by atoms with Gasteiger partial charge in [-0.1, -0.05) is 23.7 Å². The molecule has 1 aromatic heterocycles. The quantitative estimate of drug-likeness (QED) is 0.483. The van der Waals surface area contributed by atoms with Gasteiger partial charge >= 0.3 is 0 Å². The van der Waals surface area contributed by atoms with Crippen LogP contribution in [-0.2, 0) is 4.79 Å². The van der Waals surface area contributed by atoms with Gasteiger partial charge in [0.05, 0.1) is 27.7 Å². The largest absolute Gasteiger partial charge is 0.325 e. The number of nitrogens with zero attached hydrogens (tertiary/aromatic N) is 3. The van der Waals surface area contributed by atoms with Gasteiger partial charge in [-0.3, -0.25) is 19.8 Å². The fourth-order valence-electron chi connectivity index (χ4n) is 3.44. The third-order valence-corrected chi connectivity index (χ3v) is 6.19. The molecule has 1 fully saturated rings. The molecule has 1 aliphatic heterocycles. The number of anilines is 1. The number of aromatic nitrogens is 1. The third kappa shape index (κ3) is 3.84. The fourth-order valence-corrected chi connectivity index (χ4v) is 4.77. The minimum absolute atomic E-state index is 0.0402. The van der Waals surface area contributed by atoms with E-state index in [-0.39, 0.29) is 29.2 Å². The molecule has 0 aliphatic carbocycles. The summed E-state index contributed by atoms with van der Waals surface area (Å²) in [5.41, 5.74) is 1.11. The van der Waals surface area contributed by atoms with Gasteiger partial charge in [-0.25, -0.2) is 4.98 Å². The molecule has 2 aromatic carbocycles. The van der Waals surface area contributed by atoms with Crippen molar-refractivity contribution < 1.29 is 9.72 Å². The Bertz CT molecular complexity index is 1020. The zero-order valence-corrected chi connectivity index (χ0v) is 16.4. The van der Waals surface area contributed by atoms with Gasteiger partial charge in [-0.05, 0) is 43.7 Å². The Labute approximate surface area is 170 Å². The molecule has 0 saturated carbocycles. The van der Waals surface area contributed by atoms with Crippen LogP contribution in [0.25, 0.3) is 10.2 Å². The van der Waals surface area contributed by atoms with Gasteiger partial charge in [0.2, 0.25) is 5.91 Å². The molecule has 144 valence electrons. The summed E-state index contributed by atoms with van der Waals surface area (Å²) in [6.45, 7) is 1.02. The van der Waals surface area contributed by atoms with Crippen LogP contribution in [0.15, 0.2) is 42.5 Å². The number of carbonyl (C=O) groups is 1. The number of rotatable bonds is 5. The number of fused-ring (bicyclic) bond motifs is 1. The number of likely N-dealkylation sites (tertiary alicyclic amines) is 1. The summed E-state index contributed by atoms with van der Waals surface area (Å²) in [5, 5.41) is 14.8. The predicted octanol–water partition coefficient (Wildman–Crippen LogP) is 4.63. The van der Waals surface area contributed by atoms with Crippen molar-refractivity contribution in [3.8, 4) is 0 Å². The molecular formula is C19H17ClN4O3S. The fraction of sp³-hybridized carbons (Fsp3) is 0.263. The lowest BCUT2D eigenvalue weighted by atomic mass is 10.2. The highest BCUT2D eigenvalue weighted by molar-refractivity contribution is 7.18. The van der Waals surface area contributed by atoms with Crippen molar-refractivity contribution in [1.29, 1.82) is 0 Å². The van der Waals surface area contributed by atoms with Crippen LogP contribution in [0.2, 0.25) is 5.02 Å². The monoisotopic (exact) mass is 416 g/mol. The van der Waals surface area contributed by atoms with E-state index in [1.165, 1.54) is 12.1 Å². The maximum Gasteiger partial charge on any atom is 0.289 e. The summed E-state index contributed by atoms with van der Waals surface area (Å²) in [7, 11) is 0. The van der Waals surface area contributed by atoms with Gasteiger partial charge < -0.3 is 5.32 Å². The van der Waals surface area contributed by atoms with E-state index in [4.69, 9.17) is 16.6 Å². The molecule has 0 bridgehead atoms. The van der Waals surface area contributed by atoms with E-state index >= 15 is 0 Å². The first-order valence-corrected chi connectivity index (χ1v) is 10.0. The van der Waals surface area contributed by atoms with Gasteiger partial charge in [0.1, 0.15) is 10.0 Å². The lowest BCUT2D eigenvalue weighted by Crippen LogP contribution is -2.32. The van der Waals surface area contributed by atoms with Gasteiger partial charge in [-0.15, -0.1) is 11.3 Å². The second kappa shape index (κ2) is 7.83. The molecule has 2 heterocycles. The number of hydrogen-bond acceptors (Lipinski definition) is 6. The number of carbonyl (C=O) groups excluding carboxylic acids is 1. The van der Waals surface area contributed by atoms with Crippen molar-refractivity contribution in [2.45, 2.75) is 18.9 Å². The minimum Gasteiger partial charge on any atom is -0.325 e. The summed E-state index contributed by atoms with van der Waals surface area (Å²) in [6, 6.07) is 12.4. The van der Waals surface area contributed by atoms with Crippen LogP contribution >= 0.6 is 22.9 Å². The Morgan fingerprint density at radius 1 is 1.36 bits per heavy atom. The van der Waals surface area contributed by atoms with Gasteiger partial charge in [-0.2, -0.15) is 0 Å². The highest BCUT2D eigenvalue weighted by Crippen LogP contribution is 2.36. The average molecular weight is 417 g/mol. The number of para-hydroxylation sites is 1. The van der Waals surface area contributed by atoms with Crippen molar-refractivity contribution in [2.24, 2.45) is 0 Å². The molecule has 1 N–H and O–H groups in total. The minimum atomic E-state index is -0.568. The zero-order chi connectivity index (χ0) is 19.7. The Morgan fingerprint density at radius 3 is 2.96 bits per heavy atom. The summed E-state index contributed by atoms with van der Waals surface area (Å²) >= 11 is 7.48. The van der Waals surface area contributed by atoms with E-state index in [0.717, 1.165) is 34.6 Å². The summed E-state index contributed by atoms with van der Waals surface area (Å²) in [5.74, 6) is -0.218. The highest BCUT2D eigenvalue weighted by Gasteiger charge is 2.30. The normalized spacial score (nSPS) is 17.1. The summed E-state index contributed by atoms with van der Waals surface area (Å²) in [6.07, 6.45) is 1.96. The lowest BCUT2D eigenvalue weighted by Gasteiger charge is -2.22. The SMILES string of the molecule is O=C(CN1CCC[C@@H]1c1nc2ccccc2s1)Nc1ccc(Cl)c([N+](=O)[O-])c1. The van der Waals surface area contributed by atoms with E-state index in [0.29, 0.717) is 5.69 Å². The Morgan fingerprint density at radius 2 is 2.18 bits per heavy atom. The molecule has 9 heteroatoms. The predicted molar refractivity (Wildman–Crippen MR) is 110 cm³/mol. The summed E-state index contributed by atoms with van der Waals surface area (Å²) in [4.78, 5) is 29.8. The maximum absolute atomic E-state index is 12.5. The topological polar surface area (TPSA) is 88.4 Å². The van der Waals surface area contributed by atoms with E-state index < -0.39 is 4.92 Å². The van der Waals surface area contributed by atoms with Crippen molar-refractivity contribution in [2.75, 3.05) is 18.4 Å². The molecule has 1 saturated heterocycles. The van der Waals surface area contributed by atoms with E-state index in [1.807, 2.05) is 18.2 Å². The molecule has 0 radical (unpaired) electrons. The van der Waals surface area contributed by atoms with Gasteiger partial charge in [0, 0.05) is 11.8 Å². The first-order chi connectivity index (χ1) is 13.5. The van der Waals surface area contributed by atoms with Crippen molar-refractivity contribution in [1.82, 2.24) is 9.88 Å². The number of nitro groups is 1. The van der Waals surface area contributed by atoms with Crippen molar-refractivity contribution in [3.63, 3.8) is 0 Å². The van der Waals surface area contributed by atoms with Gasteiger partial charge in [0.15, 0.2) is 0 Å². The molecule has 1 atom stereocenters. The van der Waals surface area contributed by atoms with E-state index in [2.05, 4.69) is 16.3 Å². The smallest absolute Gasteiger partial charge is 0.289 e. The number of thiazole rings is 1. The zero-order valence-electron chi connectivity index (χ0n) is 14.8. The number of benzene rings is 2. The molecule has 0 unspecified atom stereocenters. The Hall–Kier alpha value is -2.55. The molecule has 1 amide bonds. The van der Waals surface area contributed by atoms with Crippen molar-refractivity contribution in [3.05, 3.63) is 62.6 Å². The number of halogens is 1. The molecular weight excluding hydrogens is 400 g/mol. The Balaban J connectivity index is 1.46. The van der Waals surface area contributed by atoms with Crippen LogP contribution in [0.5, 0.6) is 0 Å². The van der Waals surface area contributed by atoms with E-state index in [9.17, 15) is 14.9 Å². The molecule has 4 rings (SSSR count). The lowest BCUT2D eigenvalue weighted by molar-refractivity contribution is -0.384. The Kier molecular flexibility index (Phi) is 5.25. The molecule has 7 nitrogen and oxygen atoms in total. The number of nitro benzene ring substituents is 1. The molecule has 1 aliphatic rings. The van der Waals surface area contributed by atoms with Crippen molar-refractivity contribution >= 4 is 50.4 Å². The standard InChI is InChI=1S/C19H17ClN4O3S/c20-13-8-7-12(10-16(13)24(26)27)21-18(25)11-23-9-3-5-15(23)19-22-14-4-1-2-6-17(14)28-19/h1-2,4,6-8,10,15H,3,5,9,11H2,(H,21,25)/t15-/m1/s1. The highest BCUT2D eigenvalue weighted by atomic mass is 35.5. The van der Waals surface area contributed by atoms with Crippen LogP contribution in [0, 0.1) is 10.1 Å². The molecule has 3 aromatic rings. The number of hydrogen-bond donors (Lipinski definition) is 1. The van der Waals surface area contributed by atoms with Crippen LogP contribution in [-0.4, -0.2) is 33.8 Å². The summed E-state index contributed by atoms with van der Waals surface area (Å²) < 4.78 is 1.14. The molecule has 28 heavy (non-hydrogen) atoms. The van der Waals surface area contributed by atoms with Gasteiger partial charge in [0.25, 0.3) is 5.69 Å². The number of amides is 1. The maximum atomic E-state index is 12.5. The number of nitrogens with one attached hydrogen (secondary N) is 1. The van der Waals surface area contributed by atoms with E-state index in [1.54, 1.807) is 17.4 Å². The second-order valence-electron chi connectivity index (χ2n) is 6.62.